The molecule has 4 atom stereocenters. The third kappa shape index (κ3) is 6.59. The summed E-state index contributed by atoms with van der Waals surface area (Å²) in [4.78, 5) is 72.4. The van der Waals surface area contributed by atoms with Crippen molar-refractivity contribution >= 4 is 35.2 Å². The molecular weight excluding hydrogens is 743 g/mol. The molecule has 5 amide bonds. The molecule has 0 radical (unpaired) electrons. The zero-order chi connectivity index (χ0) is 40.6. The summed E-state index contributed by atoms with van der Waals surface area (Å²) in [6, 6.07) is 28.6. The van der Waals surface area contributed by atoms with Crippen molar-refractivity contribution in [1.82, 2.24) is 20.0 Å². The second-order valence-corrected chi connectivity index (χ2v) is 17.8. The number of nitrogens with zero attached hydrogens (tertiary/aromatic N) is 4. The van der Waals surface area contributed by atoms with E-state index in [2.05, 4.69) is 82.7 Å². The number of aromatic hydroxyl groups is 1. The average molecular weight is 792 g/mol. The highest BCUT2D eigenvalue weighted by molar-refractivity contribution is 6.23. The summed E-state index contributed by atoms with van der Waals surface area (Å²) in [7, 11) is 0. The third-order valence-corrected chi connectivity index (χ3v) is 14.3. The SMILES string of the molecule is C[C@H]1CC2(CCN(c3ccc([C@@H]4c5ccc(O)cc5CC[C@@H]4c4ccccc4)cc3)CC2)CN1CC(=O)N1Cc2cc3c(cc2C1)C(=O)N(C1CCC(=O)NC1=O)C3=O. The Kier molecular flexibility index (Phi) is 9.19. The summed E-state index contributed by atoms with van der Waals surface area (Å²) in [6.07, 6.45) is 5.37. The highest BCUT2D eigenvalue weighted by Gasteiger charge is 2.47. The van der Waals surface area contributed by atoms with Crippen molar-refractivity contribution in [3.8, 4) is 5.75 Å². The molecule has 1 unspecified atom stereocenters. The number of carbonyl (C=O) groups excluding carboxylic acids is 5. The Morgan fingerprint density at radius 3 is 2.17 bits per heavy atom. The molecular formula is C48H49N5O6. The van der Waals surface area contributed by atoms with Gasteiger partial charge in [0, 0.05) is 56.8 Å². The van der Waals surface area contributed by atoms with E-state index in [1.54, 1.807) is 12.1 Å². The van der Waals surface area contributed by atoms with Crippen LogP contribution in [-0.4, -0.2) is 87.6 Å². The van der Waals surface area contributed by atoms with Crippen LogP contribution in [0.3, 0.4) is 0 Å². The van der Waals surface area contributed by atoms with E-state index in [-0.39, 0.29) is 47.3 Å². The largest absolute Gasteiger partial charge is 0.508 e. The van der Waals surface area contributed by atoms with E-state index in [1.807, 2.05) is 17.0 Å². The molecule has 0 saturated carbocycles. The van der Waals surface area contributed by atoms with Crippen LogP contribution in [0, 0.1) is 5.41 Å². The maximum atomic E-state index is 13.8. The summed E-state index contributed by atoms with van der Waals surface area (Å²) in [5.74, 6) is -1.14. The van der Waals surface area contributed by atoms with E-state index in [1.165, 1.54) is 27.9 Å². The molecule has 302 valence electrons. The fraction of sp³-hybridized carbons (Fsp3) is 0.396. The van der Waals surface area contributed by atoms with Crippen molar-refractivity contribution in [3.05, 3.63) is 129 Å². The first kappa shape index (κ1) is 37.5. The Morgan fingerprint density at radius 1 is 0.797 bits per heavy atom. The van der Waals surface area contributed by atoms with Gasteiger partial charge in [-0.2, -0.15) is 0 Å². The molecule has 5 heterocycles. The first-order chi connectivity index (χ1) is 28.5. The van der Waals surface area contributed by atoms with Crippen LogP contribution < -0.4 is 10.2 Å². The van der Waals surface area contributed by atoms with Gasteiger partial charge in [-0.3, -0.25) is 39.1 Å². The number of amides is 5. The van der Waals surface area contributed by atoms with Gasteiger partial charge < -0.3 is 14.9 Å². The Labute approximate surface area is 344 Å². The topological polar surface area (TPSA) is 131 Å². The van der Waals surface area contributed by atoms with Gasteiger partial charge in [-0.15, -0.1) is 0 Å². The van der Waals surface area contributed by atoms with Crippen molar-refractivity contribution in [3.63, 3.8) is 0 Å². The molecule has 6 aliphatic rings. The molecule has 1 spiro atoms. The Balaban J connectivity index is 0.764. The Morgan fingerprint density at radius 2 is 1.49 bits per heavy atom. The minimum Gasteiger partial charge on any atom is -0.508 e. The molecule has 0 aromatic heterocycles. The van der Waals surface area contributed by atoms with E-state index in [0.29, 0.717) is 31.3 Å². The number of carbonyl (C=O) groups is 5. The number of rotatable bonds is 6. The Hall–Kier alpha value is -5.81. The van der Waals surface area contributed by atoms with Crippen LogP contribution in [0.15, 0.2) is 84.9 Å². The standard InChI is InChI=1S/C48H49N5O6/c1-29-24-48(28-52(29)27-43(56)51-25-33-22-39-40(23-34(33)26-51)47(59)53(46(39)58)41-15-16-42(55)49-45(41)57)17-19-50(20-18-48)35-10-7-31(8-11-35)44-37(30-5-3-2-4-6-30)13-9-32-21-36(54)12-14-38(32)44/h2-8,10-12,14,21-23,29,37,41,44,54H,9,13,15-20,24-28H2,1H3,(H,49,55,57)/t29-,37+,41?,44-/m0/s1. The highest BCUT2D eigenvalue weighted by atomic mass is 16.3. The second kappa shape index (κ2) is 14.5. The molecule has 3 saturated heterocycles. The number of fused-ring (bicyclic) bond motifs is 3. The van der Waals surface area contributed by atoms with E-state index in [0.717, 1.165) is 67.8 Å². The number of imide groups is 2. The second-order valence-electron chi connectivity index (χ2n) is 17.8. The first-order valence-electron chi connectivity index (χ1n) is 21.1. The normalized spacial score (nSPS) is 25.0. The molecule has 2 N–H and O–H groups in total. The zero-order valence-corrected chi connectivity index (χ0v) is 33.4. The van der Waals surface area contributed by atoms with Crippen LogP contribution in [0.4, 0.5) is 5.69 Å². The molecule has 4 aromatic carbocycles. The lowest BCUT2D eigenvalue weighted by Gasteiger charge is -2.41. The summed E-state index contributed by atoms with van der Waals surface area (Å²) in [5.41, 5.74) is 8.79. The van der Waals surface area contributed by atoms with Crippen LogP contribution in [0.5, 0.6) is 5.75 Å². The highest BCUT2D eigenvalue weighted by Crippen LogP contribution is 2.48. The smallest absolute Gasteiger partial charge is 0.262 e. The lowest BCUT2D eigenvalue weighted by Crippen LogP contribution is -2.54. The number of piperidine rings is 2. The molecule has 10 rings (SSSR count). The summed E-state index contributed by atoms with van der Waals surface area (Å²) < 4.78 is 0. The number of hydrogen-bond acceptors (Lipinski definition) is 8. The quantitative estimate of drug-likeness (QED) is 0.232. The number of benzene rings is 4. The van der Waals surface area contributed by atoms with E-state index >= 15 is 0 Å². The lowest BCUT2D eigenvalue weighted by molar-refractivity contribution is -0.136. The Bertz CT molecular complexity index is 2340. The minimum absolute atomic E-state index is 0.0394. The van der Waals surface area contributed by atoms with E-state index in [4.69, 9.17) is 0 Å². The van der Waals surface area contributed by atoms with Crippen LogP contribution in [0.1, 0.15) is 111 Å². The average Bonchev–Trinajstić information content (AvgIpc) is 3.87. The number of nitrogens with one attached hydrogen (secondary N) is 1. The minimum atomic E-state index is -1.00. The lowest BCUT2D eigenvalue weighted by atomic mass is 9.69. The van der Waals surface area contributed by atoms with E-state index < -0.39 is 29.7 Å². The van der Waals surface area contributed by atoms with Gasteiger partial charge in [0.2, 0.25) is 17.7 Å². The van der Waals surface area contributed by atoms with Crippen molar-refractivity contribution in [1.29, 1.82) is 0 Å². The predicted molar refractivity (Wildman–Crippen MR) is 221 cm³/mol. The number of aryl methyl sites for hydroxylation is 1. The molecule has 0 bridgehead atoms. The summed E-state index contributed by atoms with van der Waals surface area (Å²) >= 11 is 0. The molecule has 5 aliphatic heterocycles. The van der Waals surface area contributed by atoms with Gasteiger partial charge in [-0.05, 0) is 127 Å². The molecule has 3 fully saturated rings. The fourth-order valence-electron chi connectivity index (χ4n) is 11.2. The molecule has 1 aliphatic carbocycles. The number of anilines is 1. The van der Waals surface area contributed by atoms with Crippen molar-refractivity contribution in [2.24, 2.45) is 5.41 Å². The number of phenols is 1. The van der Waals surface area contributed by atoms with Gasteiger partial charge in [0.25, 0.3) is 11.8 Å². The summed E-state index contributed by atoms with van der Waals surface area (Å²) in [6.45, 7) is 6.12. The van der Waals surface area contributed by atoms with Crippen LogP contribution in [0.2, 0.25) is 0 Å². The van der Waals surface area contributed by atoms with Crippen molar-refractivity contribution < 1.29 is 29.1 Å². The predicted octanol–water partition coefficient (Wildman–Crippen LogP) is 5.88. The van der Waals surface area contributed by atoms with Crippen molar-refractivity contribution in [2.45, 2.75) is 88.9 Å². The van der Waals surface area contributed by atoms with Crippen LogP contribution in [0.25, 0.3) is 0 Å². The van der Waals surface area contributed by atoms with Crippen LogP contribution in [-0.2, 0) is 33.9 Å². The van der Waals surface area contributed by atoms with Crippen molar-refractivity contribution in [2.75, 3.05) is 31.1 Å². The number of likely N-dealkylation sites (tertiary alicyclic amines) is 1. The number of phenolic OH excluding ortho intramolecular Hbond substituents is 1. The number of hydrogen-bond donors (Lipinski definition) is 2. The van der Waals surface area contributed by atoms with Crippen LogP contribution >= 0.6 is 0 Å². The van der Waals surface area contributed by atoms with Gasteiger partial charge in [0.15, 0.2) is 0 Å². The van der Waals surface area contributed by atoms with Gasteiger partial charge in [0.1, 0.15) is 11.8 Å². The maximum Gasteiger partial charge on any atom is 0.262 e. The van der Waals surface area contributed by atoms with Gasteiger partial charge in [-0.1, -0.05) is 48.5 Å². The van der Waals surface area contributed by atoms with Gasteiger partial charge in [-0.25, -0.2) is 0 Å². The maximum absolute atomic E-state index is 13.8. The van der Waals surface area contributed by atoms with Gasteiger partial charge >= 0.3 is 0 Å². The van der Waals surface area contributed by atoms with Gasteiger partial charge in [0.05, 0.1) is 17.7 Å². The fourth-order valence-corrected chi connectivity index (χ4v) is 11.2. The molecule has 4 aromatic rings. The summed E-state index contributed by atoms with van der Waals surface area (Å²) in [5, 5.41) is 12.5. The zero-order valence-electron chi connectivity index (χ0n) is 33.4. The first-order valence-corrected chi connectivity index (χ1v) is 21.1. The van der Waals surface area contributed by atoms with E-state index in [9.17, 15) is 29.1 Å². The monoisotopic (exact) mass is 791 g/mol. The molecule has 59 heavy (non-hydrogen) atoms. The molecule has 11 heteroatoms. The third-order valence-electron chi connectivity index (χ3n) is 14.3. The molecule has 11 nitrogen and oxygen atoms in total.